The summed E-state index contributed by atoms with van der Waals surface area (Å²) in [5.41, 5.74) is -0.500. The van der Waals surface area contributed by atoms with E-state index in [9.17, 15) is 14.8 Å². The number of nitroso groups, excluding NO2 is 1. The van der Waals surface area contributed by atoms with Crippen molar-refractivity contribution >= 4 is 5.97 Å². The first-order chi connectivity index (χ1) is 5.70. The average molecular weight is 171 g/mol. The SMILES string of the molecule is COC(=O)C(N=O)=C(O)C1CC1. The Hall–Kier alpha value is -1.39. The summed E-state index contributed by atoms with van der Waals surface area (Å²) in [4.78, 5) is 20.9. The van der Waals surface area contributed by atoms with E-state index in [2.05, 4.69) is 9.91 Å². The number of allylic oxidation sites excluding steroid dienone is 1. The van der Waals surface area contributed by atoms with Gasteiger partial charge >= 0.3 is 5.97 Å². The van der Waals surface area contributed by atoms with Crippen LogP contribution in [0.5, 0.6) is 0 Å². The van der Waals surface area contributed by atoms with Gasteiger partial charge in [-0.3, -0.25) is 0 Å². The Balaban J connectivity index is 2.83. The number of carbonyl (C=O) groups excluding carboxylic acids is 1. The van der Waals surface area contributed by atoms with Gasteiger partial charge in [-0.05, 0) is 18.0 Å². The zero-order valence-corrected chi connectivity index (χ0v) is 6.61. The van der Waals surface area contributed by atoms with Crippen molar-refractivity contribution in [2.45, 2.75) is 12.8 Å². The van der Waals surface area contributed by atoms with E-state index in [-0.39, 0.29) is 11.7 Å². The first-order valence-electron chi connectivity index (χ1n) is 3.55. The van der Waals surface area contributed by atoms with Gasteiger partial charge in [-0.15, -0.1) is 4.91 Å². The number of esters is 1. The standard InChI is InChI=1S/C7H9NO4/c1-12-7(10)5(8-11)6(9)4-2-3-4/h4,9H,2-3H2,1H3. The number of ether oxygens (including phenoxy) is 1. The third-order valence-corrected chi connectivity index (χ3v) is 1.68. The maximum absolute atomic E-state index is 10.8. The van der Waals surface area contributed by atoms with Crippen LogP contribution in [0.3, 0.4) is 0 Å². The Kier molecular flexibility index (Phi) is 2.42. The van der Waals surface area contributed by atoms with Crippen molar-refractivity contribution in [2.24, 2.45) is 11.1 Å². The zero-order valence-electron chi connectivity index (χ0n) is 6.61. The zero-order chi connectivity index (χ0) is 9.14. The van der Waals surface area contributed by atoms with Crippen molar-refractivity contribution in [1.82, 2.24) is 0 Å². The first-order valence-corrected chi connectivity index (χ1v) is 3.55. The van der Waals surface area contributed by atoms with E-state index in [0.717, 1.165) is 20.0 Å². The molecule has 0 aromatic carbocycles. The van der Waals surface area contributed by atoms with E-state index in [4.69, 9.17) is 0 Å². The fourth-order valence-corrected chi connectivity index (χ4v) is 0.835. The smallest absolute Gasteiger partial charge is 0.363 e. The van der Waals surface area contributed by atoms with Crippen LogP contribution < -0.4 is 0 Å². The molecule has 0 heterocycles. The van der Waals surface area contributed by atoms with Gasteiger partial charge in [0.15, 0.2) is 0 Å². The van der Waals surface area contributed by atoms with E-state index in [0.29, 0.717) is 0 Å². The molecule has 5 heteroatoms. The fourth-order valence-electron chi connectivity index (χ4n) is 0.835. The normalized spacial score (nSPS) is 18.1. The van der Waals surface area contributed by atoms with Crippen molar-refractivity contribution in [3.63, 3.8) is 0 Å². The highest BCUT2D eigenvalue weighted by Gasteiger charge is 2.31. The van der Waals surface area contributed by atoms with Gasteiger partial charge in [-0.1, -0.05) is 0 Å². The second kappa shape index (κ2) is 3.34. The number of carbonyl (C=O) groups is 1. The maximum atomic E-state index is 10.8. The Morgan fingerprint density at radius 2 is 2.17 bits per heavy atom. The molecule has 0 aromatic rings. The molecule has 0 amide bonds. The summed E-state index contributed by atoms with van der Waals surface area (Å²) >= 11 is 0. The van der Waals surface area contributed by atoms with E-state index in [1.54, 1.807) is 0 Å². The molecule has 1 rings (SSSR count). The largest absolute Gasteiger partial charge is 0.509 e. The van der Waals surface area contributed by atoms with Crippen molar-refractivity contribution in [2.75, 3.05) is 7.11 Å². The van der Waals surface area contributed by atoms with Crippen LogP contribution in [0.4, 0.5) is 0 Å². The van der Waals surface area contributed by atoms with Gasteiger partial charge in [0.05, 0.1) is 7.11 Å². The lowest BCUT2D eigenvalue weighted by atomic mass is 10.3. The molecule has 1 fully saturated rings. The van der Waals surface area contributed by atoms with Gasteiger partial charge in [0.25, 0.3) is 0 Å². The van der Waals surface area contributed by atoms with Crippen LogP contribution in [0, 0.1) is 10.8 Å². The molecule has 0 aromatic heterocycles. The highest BCUT2D eigenvalue weighted by Crippen LogP contribution is 2.36. The van der Waals surface area contributed by atoms with Crippen molar-refractivity contribution < 1.29 is 14.6 Å². The van der Waals surface area contributed by atoms with Gasteiger partial charge in [-0.2, -0.15) is 0 Å². The maximum Gasteiger partial charge on any atom is 0.363 e. The summed E-state index contributed by atoms with van der Waals surface area (Å²) < 4.78 is 4.25. The van der Waals surface area contributed by atoms with E-state index < -0.39 is 11.7 Å². The van der Waals surface area contributed by atoms with Crippen LogP contribution in [-0.4, -0.2) is 18.2 Å². The Labute approximate surface area is 69.0 Å². The summed E-state index contributed by atoms with van der Waals surface area (Å²) in [6.07, 6.45) is 1.59. The van der Waals surface area contributed by atoms with Crippen molar-refractivity contribution in [3.05, 3.63) is 16.4 Å². The van der Waals surface area contributed by atoms with Crippen LogP contribution >= 0.6 is 0 Å². The quantitative estimate of drug-likeness (QED) is 0.298. The molecule has 0 unspecified atom stereocenters. The van der Waals surface area contributed by atoms with Gasteiger partial charge in [0.1, 0.15) is 5.76 Å². The second-order valence-corrected chi connectivity index (χ2v) is 2.59. The van der Waals surface area contributed by atoms with Crippen LogP contribution in [0.2, 0.25) is 0 Å². The molecular weight excluding hydrogens is 162 g/mol. The number of aliphatic hydroxyl groups excluding tert-OH is 1. The Morgan fingerprint density at radius 3 is 2.50 bits per heavy atom. The predicted octanol–water partition coefficient (Wildman–Crippen LogP) is 1.11. The monoisotopic (exact) mass is 171 g/mol. The minimum atomic E-state index is -0.880. The Bertz CT molecular complexity index is 242. The molecule has 0 bridgehead atoms. The second-order valence-electron chi connectivity index (χ2n) is 2.59. The molecule has 66 valence electrons. The minimum Gasteiger partial charge on any atom is -0.509 e. The third-order valence-electron chi connectivity index (χ3n) is 1.68. The first kappa shape index (κ1) is 8.70. The molecule has 1 aliphatic rings. The van der Waals surface area contributed by atoms with E-state index >= 15 is 0 Å². The number of hydrogen-bond donors (Lipinski definition) is 1. The number of methoxy groups -OCH3 is 1. The van der Waals surface area contributed by atoms with Crippen molar-refractivity contribution in [3.8, 4) is 0 Å². The average Bonchev–Trinajstić information content (AvgIpc) is 2.87. The summed E-state index contributed by atoms with van der Waals surface area (Å²) in [6.45, 7) is 0. The molecule has 1 N–H and O–H groups in total. The molecular formula is C7H9NO4. The molecule has 0 spiro atoms. The molecule has 0 radical (unpaired) electrons. The lowest BCUT2D eigenvalue weighted by Crippen LogP contribution is -2.06. The van der Waals surface area contributed by atoms with Gasteiger partial charge in [0.2, 0.25) is 5.70 Å². The molecule has 12 heavy (non-hydrogen) atoms. The lowest BCUT2D eigenvalue weighted by molar-refractivity contribution is -0.136. The predicted molar refractivity (Wildman–Crippen MR) is 40.2 cm³/mol. The molecule has 1 saturated carbocycles. The highest BCUT2D eigenvalue weighted by atomic mass is 16.5. The van der Waals surface area contributed by atoms with Gasteiger partial charge in [-0.25, -0.2) is 4.79 Å². The van der Waals surface area contributed by atoms with Crippen LogP contribution in [0.25, 0.3) is 0 Å². The van der Waals surface area contributed by atoms with Gasteiger partial charge in [0, 0.05) is 5.92 Å². The van der Waals surface area contributed by atoms with Crippen molar-refractivity contribution in [1.29, 1.82) is 0 Å². The van der Waals surface area contributed by atoms with Crippen LogP contribution in [-0.2, 0) is 9.53 Å². The number of nitrogens with zero attached hydrogens (tertiary/aromatic N) is 1. The minimum absolute atomic E-state index is 0.0724. The fraction of sp³-hybridized carbons (Fsp3) is 0.571. The van der Waals surface area contributed by atoms with Gasteiger partial charge < -0.3 is 9.84 Å². The molecule has 0 saturated heterocycles. The number of rotatable bonds is 3. The molecule has 0 aliphatic heterocycles. The third kappa shape index (κ3) is 1.61. The van der Waals surface area contributed by atoms with E-state index in [1.165, 1.54) is 0 Å². The molecule has 1 aliphatic carbocycles. The molecule has 0 atom stereocenters. The van der Waals surface area contributed by atoms with E-state index in [1.807, 2.05) is 0 Å². The Morgan fingerprint density at radius 1 is 1.58 bits per heavy atom. The summed E-state index contributed by atoms with van der Waals surface area (Å²) in [6, 6.07) is 0. The summed E-state index contributed by atoms with van der Waals surface area (Å²) in [7, 11) is 1.13. The summed E-state index contributed by atoms with van der Waals surface area (Å²) in [5.74, 6) is -1.19. The molecule has 5 nitrogen and oxygen atoms in total. The lowest BCUT2D eigenvalue weighted by Gasteiger charge is -1.99. The van der Waals surface area contributed by atoms with Crippen LogP contribution in [0.15, 0.2) is 16.6 Å². The highest BCUT2D eigenvalue weighted by molar-refractivity contribution is 5.88. The number of hydrogen-bond acceptors (Lipinski definition) is 5. The number of aliphatic hydroxyl groups is 1. The van der Waals surface area contributed by atoms with Crippen LogP contribution in [0.1, 0.15) is 12.8 Å². The summed E-state index contributed by atoms with van der Waals surface area (Å²) in [5, 5.41) is 11.7. The topological polar surface area (TPSA) is 76.0 Å².